The lowest BCUT2D eigenvalue weighted by Gasteiger charge is -2.21. The molecule has 1 amide bonds. The second kappa shape index (κ2) is 8.49. The van der Waals surface area contributed by atoms with Gasteiger partial charge in [-0.2, -0.15) is 0 Å². The number of nitrogens with zero attached hydrogens (tertiary/aromatic N) is 1. The molecular weight excluding hydrogens is 298 g/mol. The fourth-order valence-electron chi connectivity index (χ4n) is 1.82. The smallest absolute Gasteiger partial charge is 0.323 e. The summed E-state index contributed by atoms with van der Waals surface area (Å²) in [6, 6.07) is 4.96. The molecule has 0 spiro atoms. The molecule has 21 heavy (non-hydrogen) atoms. The monoisotopic (exact) mass is 315 g/mol. The molecule has 6 nitrogen and oxygen atoms in total. The van der Waals surface area contributed by atoms with E-state index in [0.717, 1.165) is 0 Å². The van der Waals surface area contributed by atoms with Crippen molar-refractivity contribution in [3.8, 4) is 5.75 Å². The maximum Gasteiger partial charge on any atom is 0.323 e. The van der Waals surface area contributed by atoms with Gasteiger partial charge in [0, 0.05) is 24.2 Å². The zero-order chi connectivity index (χ0) is 15.8. The molecule has 0 bridgehead atoms. The average molecular weight is 316 g/mol. The molecule has 1 aromatic carbocycles. The summed E-state index contributed by atoms with van der Waals surface area (Å²) in [7, 11) is 2.99. The van der Waals surface area contributed by atoms with Crippen molar-refractivity contribution in [1.82, 2.24) is 4.90 Å². The standard InChI is InChI=1S/C14H18ClNO5/c1-20-6-5-16(9-14(18)19)13(17)8-10-7-11(15)3-4-12(10)21-2/h3-4,7H,5-6,8-9H2,1-2H3,(H,18,19). The number of methoxy groups -OCH3 is 2. The Morgan fingerprint density at radius 2 is 2.05 bits per heavy atom. The molecule has 0 heterocycles. The number of carboxylic acids is 1. The maximum absolute atomic E-state index is 12.2. The molecule has 1 N–H and O–H groups in total. The lowest BCUT2D eigenvalue weighted by atomic mass is 10.1. The fraction of sp³-hybridized carbons (Fsp3) is 0.429. The predicted octanol–water partition coefficient (Wildman–Crippen LogP) is 1.45. The Labute approximate surface area is 128 Å². The van der Waals surface area contributed by atoms with E-state index in [-0.39, 0.29) is 32.0 Å². The van der Waals surface area contributed by atoms with Gasteiger partial charge < -0.3 is 19.5 Å². The lowest BCUT2D eigenvalue weighted by Crippen LogP contribution is -2.38. The fourth-order valence-corrected chi connectivity index (χ4v) is 2.01. The highest BCUT2D eigenvalue weighted by Gasteiger charge is 2.18. The van der Waals surface area contributed by atoms with Gasteiger partial charge in [-0.1, -0.05) is 11.6 Å². The minimum atomic E-state index is -1.07. The largest absolute Gasteiger partial charge is 0.496 e. The summed E-state index contributed by atoms with van der Waals surface area (Å²) in [6.07, 6.45) is 0.0146. The quantitative estimate of drug-likeness (QED) is 0.786. The van der Waals surface area contributed by atoms with Gasteiger partial charge in [0.15, 0.2) is 0 Å². The van der Waals surface area contributed by atoms with E-state index in [1.807, 2.05) is 0 Å². The summed E-state index contributed by atoms with van der Waals surface area (Å²) in [5, 5.41) is 9.35. The number of carboxylic acid groups (broad SMARTS) is 1. The number of aliphatic carboxylic acids is 1. The molecule has 1 rings (SSSR count). The second-order valence-corrected chi connectivity index (χ2v) is 4.77. The third-order valence-electron chi connectivity index (χ3n) is 2.83. The number of hydrogen-bond donors (Lipinski definition) is 1. The van der Waals surface area contributed by atoms with Crippen molar-refractivity contribution in [2.45, 2.75) is 6.42 Å². The van der Waals surface area contributed by atoms with Crippen molar-refractivity contribution in [3.05, 3.63) is 28.8 Å². The lowest BCUT2D eigenvalue weighted by molar-refractivity contribution is -0.144. The molecule has 0 aliphatic rings. The minimum absolute atomic E-state index is 0.0146. The highest BCUT2D eigenvalue weighted by molar-refractivity contribution is 6.30. The van der Waals surface area contributed by atoms with Gasteiger partial charge in [0.2, 0.25) is 5.91 Å². The van der Waals surface area contributed by atoms with Crippen molar-refractivity contribution in [2.24, 2.45) is 0 Å². The third kappa shape index (κ3) is 5.61. The van der Waals surface area contributed by atoms with Crippen LogP contribution in [0.15, 0.2) is 18.2 Å². The molecular formula is C14H18ClNO5. The normalized spacial score (nSPS) is 10.2. The van der Waals surface area contributed by atoms with E-state index in [1.165, 1.54) is 19.1 Å². The highest BCUT2D eigenvalue weighted by Crippen LogP contribution is 2.23. The number of benzene rings is 1. The van der Waals surface area contributed by atoms with Crippen LogP contribution >= 0.6 is 11.6 Å². The Bertz CT molecular complexity index is 506. The van der Waals surface area contributed by atoms with Crippen molar-refractivity contribution >= 4 is 23.5 Å². The molecule has 7 heteroatoms. The van der Waals surface area contributed by atoms with Gasteiger partial charge in [-0.3, -0.25) is 9.59 Å². The molecule has 0 saturated heterocycles. The Morgan fingerprint density at radius 3 is 2.62 bits per heavy atom. The van der Waals surface area contributed by atoms with E-state index in [1.54, 1.807) is 18.2 Å². The van der Waals surface area contributed by atoms with Gasteiger partial charge in [0.1, 0.15) is 12.3 Å². The zero-order valence-electron chi connectivity index (χ0n) is 12.0. The van der Waals surface area contributed by atoms with Crippen LogP contribution in [0.1, 0.15) is 5.56 Å². The van der Waals surface area contributed by atoms with Crippen molar-refractivity contribution in [2.75, 3.05) is 33.9 Å². The molecule has 0 saturated carbocycles. The van der Waals surface area contributed by atoms with Crippen molar-refractivity contribution in [3.63, 3.8) is 0 Å². The number of ether oxygens (including phenoxy) is 2. The van der Waals surface area contributed by atoms with E-state index in [2.05, 4.69) is 0 Å². The van der Waals surface area contributed by atoms with Gasteiger partial charge in [-0.05, 0) is 18.2 Å². The number of rotatable bonds is 8. The van der Waals surface area contributed by atoms with Gasteiger partial charge >= 0.3 is 5.97 Å². The Hall–Kier alpha value is -1.79. The van der Waals surface area contributed by atoms with Crippen LogP contribution in [0.5, 0.6) is 5.75 Å². The summed E-state index contributed by atoms with van der Waals surface area (Å²) >= 11 is 5.91. The van der Waals surface area contributed by atoms with Crippen LogP contribution in [0.25, 0.3) is 0 Å². The maximum atomic E-state index is 12.2. The Morgan fingerprint density at radius 1 is 1.33 bits per heavy atom. The molecule has 0 fully saturated rings. The molecule has 116 valence electrons. The number of halogens is 1. The van der Waals surface area contributed by atoms with Crippen LogP contribution < -0.4 is 4.74 Å². The van der Waals surface area contributed by atoms with Crippen molar-refractivity contribution < 1.29 is 24.2 Å². The van der Waals surface area contributed by atoms with Crippen LogP contribution in [0, 0.1) is 0 Å². The van der Waals surface area contributed by atoms with E-state index in [9.17, 15) is 9.59 Å². The van der Waals surface area contributed by atoms with Crippen LogP contribution in [-0.2, 0) is 20.7 Å². The first-order valence-electron chi connectivity index (χ1n) is 6.28. The highest BCUT2D eigenvalue weighted by atomic mass is 35.5. The van der Waals surface area contributed by atoms with Crippen molar-refractivity contribution in [1.29, 1.82) is 0 Å². The van der Waals surface area contributed by atoms with E-state index in [0.29, 0.717) is 16.3 Å². The zero-order valence-corrected chi connectivity index (χ0v) is 12.7. The first kappa shape index (κ1) is 17.3. The minimum Gasteiger partial charge on any atom is -0.496 e. The molecule has 0 atom stereocenters. The van der Waals surface area contributed by atoms with Gasteiger partial charge in [0.05, 0.1) is 20.1 Å². The van der Waals surface area contributed by atoms with E-state index in [4.69, 9.17) is 26.2 Å². The number of hydrogen-bond acceptors (Lipinski definition) is 4. The van der Waals surface area contributed by atoms with Gasteiger partial charge in [-0.25, -0.2) is 0 Å². The predicted molar refractivity (Wildman–Crippen MR) is 77.8 cm³/mol. The van der Waals surface area contributed by atoms with E-state index >= 15 is 0 Å². The van der Waals surface area contributed by atoms with Crippen LogP contribution in [-0.4, -0.2) is 55.8 Å². The molecule has 0 aliphatic heterocycles. The molecule has 0 radical (unpaired) electrons. The van der Waals surface area contributed by atoms with E-state index < -0.39 is 5.97 Å². The summed E-state index contributed by atoms with van der Waals surface area (Å²) in [5.74, 6) is -0.859. The molecule has 1 aromatic rings. The molecule has 0 aromatic heterocycles. The number of carbonyl (C=O) groups excluding carboxylic acids is 1. The Kier molecular flexibility index (Phi) is 6.98. The summed E-state index contributed by atoms with van der Waals surface area (Å²) < 4.78 is 10.1. The van der Waals surface area contributed by atoms with Gasteiger partial charge in [-0.15, -0.1) is 0 Å². The van der Waals surface area contributed by atoms with Gasteiger partial charge in [0.25, 0.3) is 0 Å². The third-order valence-corrected chi connectivity index (χ3v) is 3.06. The number of carbonyl (C=O) groups is 2. The summed E-state index contributed by atoms with van der Waals surface area (Å²) in [6.45, 7) is 0.112. The molecule has 0 unspecified atom stereocenters. The topological polar surface area (TPSA) is 76.1 Å². The van der Waals surface area contributed by atoms with Crippen LogP contribution in [0.3, 0.4) is 0 Å². The number of amides is 1. The first-order valence-corrected chi connectivity index (χ1v) is 6.66. The molecule has 0 aliphatic carbocycles. The van der Waals surface area contributed by atoms with Crippen LogP contribution in [0.4, 0.5) is 0 Å². The average Bonchev–Trinajstić information content (AvgIpc) is 2.43. The summed E-state index contributed by atoms with van der Waals surface area (Å²) in [5.41, 5.74) is 0.614. The second-order valence-electron chi connectivity index (χ2n) is 4.33. The first-order chi connectivity index (χ1) is 9.97. The SMILES string of the molecule is COCCN(CC(=O)O)C(=O)Cc1cc(Cl)ccc1OC. The van der Waals surface area contributed by atoms with Crippen LogP contribution in [0.2, 0.25) is 5.02 Å². The Balaban J connectivity index is 2.84. The summed E-state index contributed by atoms with van der Waals surface area (Å²) in [4.78, 5) is 24.3.